The molecule has 0 bridgehead atoms. The molecule has 0 spiro atoms. The molecule has 0 saturated carbocycles. The number of hydrogen-bond donors (Lipinski definition) is 2. The van der Waals surface area contributed by atoms with E-state index >= 15 is 0 Å². The summed E-state index contributed by atoms with van der Waals surface area (Å²) < 4.78 is 5.53. The Kier molecular flexibility index (Phi) is 7.21. The second-order valence-corrected chi connectivity index (χ2v) is 5.68. The highest BCUT2D eigenvalue weighted by Crippen LogP contribution is 2.25. The molecule has 1 unspecified atom stereocenters. The molecular formula is C15H24ClNO2. The highest BCUT2D eigenvalue weighted by Gasteiger charge is 2.04. The van der Waals surface area contributed by atoms with Gasteiger partial charge in [0.05, 0.1) is 17.7 Å². The Hall–Kier alpha value is -0.770. The fourth-order valence-electron chi connectivity index (χ4n) is 1.62. The van der Waals surface area contributed by atoms with Gasteiger partial charge in [0.1, 0.15) is 5.75 Å². The van der Waals surface area contributed by atoms with E-state index in [0.29, 0.717) is 29.7 Å². The summed E-state index contributed by atoms with van der Waals surface area (Å²) in [7, 11) is 0. The number of nitrogens with one attached hydrogen (secondary N) is 1. The van der Waals surface area contributed by atoms with E-state index in [1.165, 1.54) is 0 Å². The summed E-state index contributed by atoms with van der Waals surface area (Å²) in [5.74, 6) is 1.31. The third kappa shape index (κ3) is 6.81. The molecular weight excluding hydrogens is 262 g/mol. The highest BCUT2D eigenvalue weighted by atomic mass is 35.5. The van der Waals surface area contributed by atoms with Crippen molar-refractivity contribution in [1.29, 1.82) is 0 Å². The van der Waals surface area contributed by atoms with E-state index in [1.807, 2.05) is 18.2 Å². The summed E-state index contributed by atoms with van der Waals surface area (Å²) in [4.78, 5) is 0. The first-order valence-electron chi connectivity index (χ1n) is 6.79. The first-order chi connectivity index (χ1) is 8.99. The maximum absolute atomic E-state index is 9.16. The molecule has 0 radical (unpaired) electrons. The second kappa shape index (κ2) is 8.41. The van der Waals surface area contributed by atoms with Crippen molar-refractivity contribution in [3.05, 3.63) is 28.8 Å². The molecule has 0 heterocycles. The Morgan fingerprint density at radius 1 is 1.32 bits per heavy atom. The van der Waals surface area contributed by atoms with Crippen molar-refractivity contribution < 1.29 is 9.84 Å². The average molecular weight is 286 g/mol. The Bertz CT molecular complexity index is 380. The summed E-state index contributed by atoms with van der Waals surface area (Å²) >= 11 is 6.17. The van der Waals surface area contributed by atoms with Crippen LogP contribution in [0.1, 0.15) is 32.8 Å². The molecule has 19 heavy (non-hydrogen) atoms. The van der Waals surface area contributed by atoms with Crippen LogP contribution in [0.5, 0.6) is 5.75 Å². The van der Waals surface area contributed by atoms with Crippen LogP contribution in [0.15, 0.2) is 18.2 Å². The molecule has 0 saturated heterocycles. The van der Waals surface area contributed by atoms with E-state index in [1.54, 1.807) is 6.92 Å². The molecule has 2 N–H and O–H groups in total. The summed E-state index contributed by atoms with van der Waals surface area (Å²) in [6, 6.07) is 5.82. The fourth-order valence-corrected chi connectivity index (χ4v) is 1.87. The van der Waals surface area contributed by atoms with Gasteiger partial charge in [-0.1, -0.05) is 31.5 Å². The van der Waals surface area contributed by atoms with Crippen molar-refractivity contribution >= 4 is 11.6 Å². The number of aliphatic hydroxyl groups is 1. The van der Waals surface area contributed by atoms with Crippen LogP contribution in [0.25, 0.3) is 0 Å². The molecule has 1 rings (SSSR count). The molecule has 1 aromatic rings. The maximum atomic E-state index is 9.16. The first kappa shape index (κ1) is 16.3. The van der Waals surface area contributed by atoms with Gasteiger partial charge < -0.3 is 15.2 Å². The van der Waals surface area contributed by atoms with Gasteiger partial charge in [0.2, 0.25) is 0 Å². The van der Waals surface area contributed by atoms with Crippen molar-refractivity contribution in [3.8, 4) is 5.75 Å². The van der Waals surface area contributed by atoms with Gasteiger partial charge in [-0.3, -0.25) is 0 Å². The van der Waals surface area contributed by atoms with Crippen LogP contribution in [0.3, 0.4) is 0 Å². The lowest BCUT2D eigenvalue weighted by molar-refractivity contribution is 0.155. The van der Waals surface area contributed by atoms with E-state index in [0.717, 1.165) is 18.7 Å². The molecule has 108 valence electrons. The Balaban J connectivity index is 2.45. The van der Waals surface area contributed by atoms with Crippen molar-refractivity contribution in [3.63, 3.8) is 0 Å². The molecule has 0 aromatic heterocycles. The van der Waals surface area contributed by atoms with Gasteiger partial charge in [-0.25, -0.2) is 0 Å². The highest BCUT2D eigenvalue weighted by molar-refractivity contribution is 6.32. The molecule has 4 heteroatoms. The minimum absolute atomic E-state index is 0.349. The van der Waals surface area contributed by atoms with Gasteiger partial charge in [0, 0.05) is 13.0 Å². The number of halogens is 1. The molecule has 0 aliphatic carbocycles. The van der Waals surface area contributed by atoms with E-state index in [9.17, 15) is 0 Å². The molecule has 0 aliphatic rings. The van der Waals surface area contributed by atoms with Crippen LogP contribution >= 0.6 is 11.6 Å². The first-order valence-corrected chi connectivity index (χ1v) is 7.17. The Morgan fingerprint density at radius 2 is 2.05 bits per heavy atom. The predicted octanol–water partition coefficient (Wildman–Crippen LogP) is 3.24. The zero-order chi connectivity index (χ0) is 14.3. The van der Waals surface area contributed by atoms with Crippen molar-refractivity contribution in [2.75, 3.05) is 13.2 Å². The van der Waals surface area contributed by atoms with Crippen molar-refractivity contribution in [2.24, 2.45) is 5.92 Å². The lowest BCUT2D eigenvalue weighted by Gasteiger charge is -2.11. The zero-order valence-corrected chi connectivity index (χ0v) is 12.7. The molecule has 0 amide bonds. The van der Waals surface area contributed by atoms with Gasteiger partial charge in [0.25, 0.3) is 0 Å². The molecule has 3 nitrogen and oxygen atoms in total. The quantitative estimate of drug-likeness (QED) is 0.770. The third-order valence-electron chi connectivity index (χ3n) is 2.67. The third-order valence-corrected chi connectivity index (χ3v) is 2.97. The minimum Gasteiger partial charge on any atom is -0.492 e. The van der Waals surface area contributed by atoms with Gasteiger partial charge in [-0.15, -0.1) is 0 Å². The predicted molar refractivity (Wildman–Crippen MR) is 79.8 cm³/mol. The number of hydrogen-bond acceptors (Lipinski definition) is 3. The van der Waals surface area contributed by atoms with Gasteiger partial charge in [-0.05, 0) is 37.1 Å². The molecule has 0 fully saturated rings. The number of ether oxygens (including phenoxy) is 1. The topological polar surface area (TPSA) is 41.5 Å². The Labute approximate surface area is 120 Å². The van der Waals surface area contributed by atoms with Crippen LogP contribution in [-0.4, -0.2) is 24.4 Å². The lowest BCUT2D eigenvalue weighted by atomic mass is 10.2. The largest absolute Gasteiger partial charge is 0.492 e. The van der Waals surface area contributed by atoms with E-state index in [-0.39, 0.29) is 6.10 Å². The number of benzene rings is 1. The zero-order valence-electron chi connectivity index (χ0n) is 11.9. The van der Waals surface area contributed by atoms with Crippen LogP contribution in [0.2, 0.25) is 5.02 Å². The monoisotopic (exact) mass is 285 g/mol. The van der Waals surface area contributed by atoms with Gasteiger partial charge >= 0.3 is 0 Å². The number of rotatable bonds is 8. The van der Waals surface area contributed by atoms with E-state index in [2.05, 4.69) is 19.2 Å². The van der Waals surface area contributed by atoms with E-state index in [4.69, 9.17) is 21.4 Å². The Morgan fingerprint density at radius 3 is 2.63 bits per heavy atom. The fraction of sp³-hybridized carbons (Fsp3) is 0.600. The van der Waals surface area contributed by atoms with Crippen LogP contribution in [-0.2, 0) is 6.54 Å². The van der Waals surface area contributed by atoms with Crippen LogP contribution in [0.4, 0.5) is 0 Å². The van der Waals surface area contributed by atoms with Gasteiger partial charge in [0.15, 0.2) is 0 Å². The van der Waals surface area contributed by atoms with E-state index < -0.39 is 0 Å². The summed E-state index contributed by atoms with van der Waals surface area (Å²) in [6.07, 6.45) is 0.256. The minimum atomic E-state index is -0.349. The average Bonchev–Trinajstić information content (AvgIpc) is 2.31. The van der Waals surface area contributed by atoms with Crippen molar-refractivity contribution in [2.45, 2.75) is 39.8 Å². The molecule has 1 atom stereocenters. The SMILES string of the molecule is CC(C)CNCc1ccc(OCCC(C)O)c(Cl)c1. The summed E-state index contributed by atoms with van der Waals surface area (Å²) in [5.41, 5.74) is 1.15. The number of aliphatic hydroxyl groups excluding tert-OH is 1. The van der Waals surface area contributed by atoms with Crippen LogP contribution in [0, 0.1) is 5.92 Å². The normalized spacial score (nSPS) is 12.7. The summed E-state index contributed by atoms with van der Waals surface area (Å²) in [6.45, 7) is 8.38. The smallest absolute Gasteiger partial charge is 0.137 e. The lowest BCUT2D eigenvalue weighted by Crippen LogP contribution is -2.18. The van der Waals surface area contributed by atoms with Gasteiger partial charge in [-0.2, -0.15) is 0 Å². The summed E-state index contributed by atoms with van der Waals surface area (Å²) in [5, 5.41) is 13.2. The maximum Gasteiger partial charge on any atom is 0.137 e. The van der Waals surface area contributed by atoms with Crippen LogP contribution < -0.4 is 10.1 Å². The molecule has 0 aliphatic heterocycles. The molecule has 1 aromatic carbocycles. The standard InChI is InChI=1S/C15H24ClNO2/c1-11(2)9-17-10-13-4-5-15(14(16)8-13)19-7-6-12(3)18/h4-5,8,11-12,17-18H,6-7,9-10H2,1-3H3. The second-order valence-electron chi connectivity index (χ2n) is 5.28. The van der Waals surface area contributed by atoms with Crippen molar-refractivity contribution in [1.82, 2.24) is 5.32 Å².